The summed E-state index contributed by atoms with van der Waals surface area (Å²) in [6.07, 6.45) is 4.40. The van der Waals surface area contributed by atoms with Crippen LogP contribution in [0.1, 0.15) is 32.3 Å². The maximum Gasteiger partial charge on any atom is 0.228 e. The van der Waals surface area contributed by atoms with Gasteiger partial charge in [-0.15, -0.1) is 0 Å². The van der Waals surface area contributed by atoms with Gasteiger partial charge in [-0.3, -0.25) is 9.59 Å². The second kappa shape index (κ2) is 8.15. The lowest BCUT2D eigenvalue weighted by atomic mass is 9.94. The van der Waals surface area contributed by atoms with E-state index in [4.69, 9.17) is 0 Å². The van der Waals surface area contributed by atoms with E-state index in [0.29, 0.717) is 26.1 Å². The minimum absolute atomic E-state index is 0.0469. The number of hydrogen-bond donors (Lipinski definition) is 0. The SMILES string of the molecule is CC(C)=CCN1C(=O)[C@H]2CC[C@@H]1CN(C(=O)Cc1ccc(N(C)C)cc1)C2. The van der Waals surface area contributed by atoms with Gasteiger partial charge in [0.1, 0.15) is 0 Å². The number of amides is 2. The zero-order valence-corrected chi connectivity index (χ0v) is 16.9. The van der Waals surface area contributed by atoms with Gasteiger partial charge < -0.3 is 14.7 Å². The smallest absolute Gasteiger partial charge is 0.228 e. The molecule has 3 saturated heterocycles. The van der Waals surface area contributed by atoms with Crippen molar-refractivity contribution in [1.29, 1.82) is 0 Å². The summed E-state index contributed by atoms with van der Waals surface area (Å²) < 4.78 is 0. The number of nitrogens with zero attached hydrogens (tertiary/aromatic N) is 3. The van der Waals surface area contributed by atoms with Crippen molar-refractivity contribution < 1.29 is 9.59 Å². The highest BCUT2D eigenvalue weighted by molar-refractivity contribution is 5.84. The van der Waals surface area contributed by atoms with E-state index in [1.165, 1.54) is 5.57 Å². The van der Waals surface area contributed by atoms with Crippen molar-refractivity contribution in [2.75, 3.05) is 38.6 Å². The molecule has 2 atom stereocenters. The van der Waals surface area contributed by atoms with Crippen molar-refractivity contribution in [3.05, 3.63) is 41.5 Å². The molecule has 0 saturated carbocycles. The lowest BCUT2D eigenvalue weighted by molar-refractivity contribution is -0.139. The van der Waals surface area contributed by atoms with Crippen LogP contribution >= 0.6 is 0 Å². The van der Waals surface area contributed by atoms with Crippen LogP contribution in [0.5, 0.6) is 0 Å². The fraction of sp³-hybridized carbons (Fsp3) is 0.545. The molecule has 27 heavy (non-hydrogen) atoms. The number of benzene rings is 1. The Morgan fingerprint density at radius 1 is 1.15 bits per heavy atom. The van der Waals surface area contributed by atoms with Crippen LogP contribution in [0.25, 0.3) is 0 Å². The van der Waals surface area contributed by atoms with Gasteiger partial charge in [0.25, 0.3) is 0 Å². The zero-order chi connectivity index (χ0) is 19.6. The zero-order valence-electron chi connectivity index (χ0n) is 16.9. The van der Waals surface area contributed by atoms with Gasteiger partial charge in [0.05, 0.1) is 12.3 Å². The van der Waals surface area contributed by atoms with E-state index in [1.54, 1.807) is 0 Å². The number of carbonyl (C=O) groups excluding carboxylic acids is 2. The molecule has 0 spiro atoms. The van der Waals surface area contributed by atoms with Gasteiger partial charge in [-0.05, 0) is 44.4 Å². The van der Waals surface area contributed by atoms with Crippen molar-refractivity contribution in [2.45, 2.75) is 39.2 Å². The van der Waals surface area contributed by atoms with Crippen molar-refractivity contribution >= 4 is 17.5 Å². The van der Waals surface area contributed by atoms with E-state index in [-0.39, 0.29) is 23.8 Å². The fourth-order valence-corrected chi connectivity index (χ4v) is 3.96. The highest BCUT2D eigenvalue weighted by atomic mass is 16.2. The van der Waals surface area contributed by atoms with Crippen molar-refractivity contribution in [1.82, 2.24) is 9.80 Å². The Balaban J connectivity index is 1.68. The van der Waals surface area contributed by atoms with Gasteiger partial charge in [-0.2, -0.15) is 0 Å². The minimum Gasteiger partial charge on any atom is -0.378 e. The van der Waals surface area contributed by atoms with E-state index in [0.717, 1.165) is 24.1 Å². The van der Waals surface area contributed by atoms with Crippen molar-refractivity contribution in [2.24, 2.45) is 5.92 Å². The molecule has 0 aromatic heterocycles. The van der Waals surface area contributed by atoms with Crippen molar-refractivity contribution in [3.8, 4) is 0 Å². The molecule has 3 heterocycles. The van der Waals surface area contributed by atoms with Crippen LogP contribution in [-0.4, -0.2) is 61.4 Å². The number of allylic oxidation sites excluding steroid dienone is 1. The molecule has 3 fully saturated rings. The normalized spacial score (nSPS) is 21.9. The summed E-state index contributed by atoms with van der Waals surface area (Å²) in [5.41, 5.74) is 3.37. The molecule has 0 N–H and O–H groups in total. The van der Waals surface area contributed by atoms with Crippen LogP contribution in [0.2, 0.25) is 0 Å². The largest absolute Gasteiger partial charge is 0.378 e. The topological polar surface area (TPSA) is 43.9 Å². The molecule has 2 bridgehead atoms. The average Bonchev–Trinajstić information content (AvgIpc) is 2.91. The number of piperidine rings is 1. The molecule has 0 radical (unpaired) electrons. The van der Waals surface area contributed by atoms with E-state index < -0.39 is 0 Å². The molecule has 1 aromatic rings. The van der Waals surface area contributed by atoms with Gasteiger partial charge in [0, 0.05) is 45.5 Å². The number of carbonyl (C=O) groups is 2. The maximum absolute atomic E-state index is 12.9. The lowest BCUT2D eigenvalue weighted by Crippen LogP contribution is -2.48. The Bertz CT molecular complexity index is 720. The summed E-state index contributed by atoms with van der Waals surface area (Å²) in [6, 6.07) is 8.27. The summed E-state index contributed by atoms with van der Waals surface area (Å²) in [5.74, 6) is 0.296. The van der Waals surface area contributed by atoms with Crippen molar-refractivity contribution in [3.63, 3.8) is 0 Å². The monoisotopic (exact) mass is 369 g/mol. The van der Waals surface area contributed by atoms with Gasteiger partial charge in [0.2, 0.25) is 11.8 Å². The predicted octanol–water partition coefficient (Wildman–Crippen LogP) is 2.71. The molecule has 5 heteroatoms. The third-order valence-corrected chi connectivity index (χ3v) is 5.65. The molecule has 3 aliphatic heterocycles. The van der Waals surface area contributed by atoms with Gasteiger partial charge >= 0.3 is 0 Å². The number of hydrogen-bond acceptors (Lipinski definition) is 3. The Hall–Kier alpha value is -2.30. The molecule has 1 aromatic carbocycles. The van der Waals surface area contributed by atoms with Gasteiger partial charge in [-0.25, -0.2) is 0 Å². The third-order valence-electron chi connectivity index (χ3n) is 5.65. The highest BCUT2D eigenvalue weighted by Gasteiger charge is 2.41. The Morgan fingerprint density at radius 2 is 1.85 bits per heavy atom. The molecule has 2 amide bonds. The summed E-state index contributed by atoms with van der Waals surface area (Å²) in [5, 5.41) is 0. The fourth-order valence-electron chi connectivity index (χ4n) is 3.96. The number of fused-ring (bicyclic) bond motifs is 4. The molecule has 0 aliphatic carbocycles. The molecule has 146 valence electrons. The molecule has 4 rings (SSSR count). The lowest BCUT2D eigenvalue weighted by Gasteiger charge is -2.35. The predicted molar refractivity (Wildman–Crippen MR) is 109 cm³/mol. The van der Waals surface area contributed by atoms with Crippen LogP contribution in [0.4, 0.5) is 5.69 Å². The van der Waals surface area contributed by atoms with E-state index in [2.05, 4.69) is 19.9 Å². The van der Waals surface area contributed by atoms with E-state index >= 15 is 0 Å². The molecule has 3 aliphatic rings. The third kappa shape index (κ3) is 4.52. The summed E-state index contributed by atoms with van der Waals surface area (Å²) >= 11 is 0. The van der Waals surface area contributed by atoms with Crippen LogP contribution < -0.4 is 4.90 Å². The highest BCUT2D eigenvalue weighted by Crippen LogP contribution is 2.29. The number of rotatable bonds is 5. The van der Waals surface area contributed by atoms with Crippen LogP contribution in [-0.2, 0) is 16.0 Å². The summed E-state index contributed by atoms with van der Waals surface area (Å²) in [4.78, 5) is 31.7. The minimum atomic E-state index is -0.0469. The Labute approximate surface area is 162 Å². The number of anilines is 1. The second-order valence-corrected chi connectivity index (χ2v) is 8.24. The Kier molecular flexibility index (Phi) is 5.88. The van der Waals surface area contributed by atoms with Crippen LogP contribution in [0, 0.1) is 5.92 Å². The van der Waals surface area contributed by atoms with E-state index in [9.17, 15) is 9.59 Å². The first-order chi connectivity index (χ1) is 12.8. The first-order valence-corrected chi connectivity index (χ1v) is 9.83. The Morgan fingerprint density at radius 3 is 2.48 bits per heavy atom. The standard InChI is InChI=1S/C22H31N3O2/c1-16(2)11-12-25-20-10-7-18(22(25)27)14-24(15-20)21(26)13-17-5-8-19(9-6-17)23(3)4/h5-6,8-9,11,18,20H,7,10,12-15H2,1-4H3/t18-,20+/m0/s1. The average molecular weight is 370 g/mol. The van der Waals surface area contributed by atoms with Crippen LogP contribution in [0.15, 0.2) is 35.9 Å². The summed E-state index contributed by atoms with van der Waals surface area (Å²) in [6.45, 7) is 6.00. The van der Waals surface area contributed by atoms with Gasteiger partial charge in [0.15, 0.2) is 0 Å². The van der Waals surface area contributed by atoms with E-state index in [1.807, 2.05) is 53.1 Å². The molecular formula is C22H31N3O2. The molecule has 5 nitrogen and oxygen atoms in total. The molecular weight excluding hydrogens is 338 g/mol. The van der Waals surface area contributed by atoms with Crippen LogP contribution in [0.3, 0.4) is 0 Å². The quantitative estimate of drug-likeness (QED) is 0.750. The molecule has 0 unspecified atom stereocenters. The first kappa shape index (κ1) is 19.5. The second-order valence-electron chi connectivity index (χ2n) is 8.24. The first-order valence-electron chi connectivity index (χ1n) is 9.83. The maximum atomic E-state index is 12.9. The van der Waals surface area contributed by atoms with Gasteiger partial charge in [-0.1, -0.05) is 23.8 Å². The summed E-state index contributed by atoms with van der Waals surface area (Å²) in [7, 11) is 4.01.